The molecule has 0 saturated carbocycles. The van der Waals surface area contributed by atoms with Crippen molar-refractivity contribution in [1.29, 1.82) is 0 Å². The normalized spacial score (nSPS) is 13.1. The van der Waals surface area contributed by atoms with Gasteiger partial charge in [0.25, 0.3) is 0 Å². The summed E-state index contributed by atoms with van der Waals surface area (Å²) in [6, 6.07) is 3.43. The average Bonchev–Trinajstić information content (AvgIpc) is 2.54. The van der Waals surface area contributed by atoms with Crippen LogP contribution in [0.1, 0.15) is 29.3 Å². The Bertz CT molecular complexity index is 574. The SMILES string of the molecule is COCCNCCC(=O)c1ccc2c(c1NC(C)=O)COCO2. The minimum atomic E-state index is -0.240. The summed E-state index contributed by atoms with van der Waals surface area (Å²) < 4.78 is 15.6. The van der Waals surface area contributed by atoms with Crippen molar-refractivity contribution in [2.24, 2.45) is 0 Å². The molecule has 0 aliphatic carbocycles. The van der Waals surface area contributed by atoms with Crippen LogP contribution in [0.2, 0.25) is 0 Å². The molecule has 1 aliphatic heterocycles. The summed E-state index contributed by atoms with van der Waals surface area (Å²) in [5.74, 6) is 0.345. The van der Waals surface area contributed by atoms with Gasteiger partial charge in [0.15, 0.2) is 12.6 Å². The van der Waals surface area contributed by atoms with Crippen molar-refractivity contribution in [3.05, 3.63) is 23.3 Å². The lowest BCUT2D eigenvalue weighted by Crippen LogP contribution is -2.23. The summed E-state index contributed by atoms with van der Waals surface area (Å²) in [6.07, 6.45) is 0.330. The van der Waals surface area contributed by atoms with Gasteiger partial charge in [0.1, 0.15) is 5.75 Å². The van der Waals surface area contributed by atoms with Crippen LogP contribution in [0.25, 0.3) is 0 Å². The number of methoxy groups -OCH3 is 1. The molecule has 0 radical (unpaired) electrons. The van der Waals surface area contributed by atoms with Gasteiger partial charge in [-0.1, -0.05) is 0 Å². The maximum atomic E-state index is 12.5. The Morgan fingerprint density at radius 3 is 2.87 bits per heavy atom. The number of nitrogens with one attached hydrogen (secondary N) is 2. The lowest BCUT2D eigenvalue weighted by molar-refractivity contribution is -0.114. The monoisotopic (exact) mass is 322 g/mol. The molecule has 0 unspecified atom stereocenters. The molecule has 1 aromatic carbocycles. The fraction of sp³-hybridized carbons (Fsp3) is 0.500. The van der Waals surface area contributed by atoms with Gasteiger partial charge in [0.2, 0.25) is 5.91 Å². The zero-order valence-electron chi connectivity index (χ0n) is 13.4. The van der Waals surface area contributed by atoms with Crippen molar-refractivity contribution >= 4 is 17.4 Å². The molecule has 0 bridgehead atoms. The number of carbonyl (C=O) groups is 2. The molecule has 1 amide bonds. The molecule has 0 spiro atoms. The number of anilines is 1. The number of amides is 1. The Kier molecular flexibility index (Phi) is 6.52. The number of hydrogen-bond donors (Lipinski definition) is 2. The molecule has 0 saturated heterocycles. The summed E-state index contributed by atoms with van der Waals surface area (Å²) in [4.78, 5) is 23.9. The molecule has 1 heterocycles. The lowest BCUT2D eigenvalue weighted by Gasteiger charge is -2.22. The van der Waals surface area contributed by atoms with Crippen LogP contribution in [0.5, 0.6) is 5.75 Å². The molecule has 7 nitrogen and oxygen atoms in total. The van der Waals surface area contributed by atoms with Crippen LogP contribution < -0.4 is 15.4 Å². The standard InChI is InChI=1S/C16H22N2O5/c1-11(19)18-16-12(14(20)5-6-17-7-8-21-2)3-4-15-13(16)9-22-10-23-15/h3-4,17H,5-10H2,1-2H3,(H,18,19). The first-order chi connectivity index (χ1) is 11.1. The van der Waals surface area contributed by atoms with E-state index in [9.17, 15) is 9.59 Å². The summed E-state index contributed by atoms with van der Waals surface area (Å²) in [7, 11) is 1.63. The maximum Gasteiger partial charge on any atom is 0.221 e. The van der Waals surface area contributed by atoms with Gasteiger partial charge < -0.3 is 24.8 Å². The molecule has 126 valence electrons. The van der Waals surface area contributed by atoms with Crippen molar-refractivity contribution < 1.29 is 23.8 Å². The molecule has 1 aliphatic rings. The molecule has 23 heavy (non-hydrogen) atoms. The first kappa shape index (κ1) is 17.4. The number of rotatable bonds is 8. The van der Waals surface area contributed by atoms with Crippen molar-refractivity contribution in [3.63, 3.8) is 0 Å². The molecule has 7 heteroatoms. The van der Waals surface area contributed by atoms with Gasteiger partial charge in [-0.15, -0.1) is 0 Å². The molecule has 0 atom stereocenters. The highest BCUT2D eigenvalue weighted by Crippen LogP contribution is 2.34. The third-order valence-corrected chi connectivity index (χ3v) is 3.43. The molecule has 1 aromatic rings. The van der Waals surface area contributed by atoms with E-state index >= 15 is 0 Å². The Morgan fingerprint density at radius 2 is 2.13 bits per heavy atom. The van der Waals surface area contributed by atoms with Gasteiger partial charge in [-0.2, -0.15) is 0 Å². The number of hydrogen-bond acceptors (Lipinski definition) is 6. The van der Waals surface area contributed by atoms with E-state index < -0.39 is 0 Å². The van der Waals surface area contributed by atoms with E-state index in [4.69, 9.17) is 14.2 Å². The van der Waals surface area contributed by atoms with Crippen LogP contribution in [0.4, 0.5) is 5.69 Å². The van der Waals surface area contributed by atoms with Crippen LogP contribution in [0.3, 0.4) is 0 Å². The minimum absolute atomic E-state index is 0.0490. The molecule has 0 aromatic heterocycles. The molecule has 2 rings (SSSR count). The van der Waals surface area contributed by atoms with E-state index in [1.165, 1.54) is 6.92 Å². The topological polar surface area (TPSA) is 85.9 Å². The summed E-state index contributed by atoms with van der Waals surface area (Å²) in [5, 5.41) is 5.86. The first-order valence-electron chi connectivity index (χ1n) is 7.50. The van der Waals surface area contributed by atoms with E-state index in [1.807, 2.05) is 0 Å². The number of fused-ring (bicyclic) bond motifs is 1. The largest absolute Gasteiger partial charge is 0.467 e. The highest BCUT2D eigenvalue weighted by molar-refractivity contribution is 6.05. The Hall–Kier alpha value is -1.96. The second-order valence-corrected chi connectivity index (χ2v) is 5.17. The Morgan fingerprint density at radius 1 is 1.30 bits per heavy atom. The minimum Gasteiger partial charge on any atom is -0.467 e. The number of ether oxygens (including phenoxy) is 3. The summed E-state index contributed by atoms with van der Waals surface area (Å²) >= 11 is 0. The zero-order chi connectivity index (χ0) is 16.7. The van der Waals surface area contributed by atoms with E-state index in [-0.39, 0.29) is 18.5 Å². The van der Waals surface area contributed by atoms with Gasteiger partial charge in [0.05, 0.1) is 18.9 Å². The average molecular weight is 322 g/mol. The third kappa shape index (κ3) is 4.75. The number of ketones is 1. The number of benzene rings is 1. The molecular formula is C16H22N2O5. The summed E-state index contributed by atoms with van der Waals surface area (Å²) in [5.41, 5.74) is 1.66. The highest BCUT2D eigenvalue weighted by Gasteiger charge is 2.22. The lowest BCUT2D eigenvalue weighted by atomic mass is 10.0. The fourth-order valence-corrected chi connectivity index (χ4v) is 2.34. The number of Topliss-reactive ketones (excluding diaryl/α,β-unsaturated/α-hetero) is 1. The molecular weight excluding hydrogens is 300 g/mol. The van der Waals surface area contributed by atoms with Crippen LogP contribution in [-0.2, 0) is 20.9 Å². The van der Waals surface area contributed by atoms with Crippen LogP contribution in [0.15, 0.2) is 12.1 Å². The van der Waals surface area contributed by atoms with E-state index in [2.05, 4.69) is 10.6 Å². The van der Waals surface area contributed by atoms with Crippen molar-refractivity contribution in [2.45, 2.75) is 20.0 Å². The van der Waals surface area contributed by atoms with Gasteiger partial charge in [0, 0.05) is 44.7 Å². The maximum absolute atomic E-state index is 12.5. The van der Waals surface area contributed by atoms with Crippen molar-refractivity contribution in [3.8, 4) is 5.75 Å². The van der Waals surface area contributed by atoms with Gasteiger partial charge in [-0.3, -0.25) is 9.59 Å². The van der Waals surface area contributed by atoms with Gasteiger partial charge >= 0.3 is 0 Å². The van der Waals surface area contributed by atoms with E-state index in [1.54, 1.807) is 19.2 Å². The van der Waals surface area contributed by atoms with Crippen LogP contribution >= 0.6 is 0 Å². The predicted octanol–water partition coefficient (Wildman–Crippen LogP) is 1.32. The predicted molar refractivity (Wildman–Crippen MR) is 84.7 cm³/mol. The Labute approximate surface area is 135 Å². The smallest absolute Gasteiger partial charge is 0.221 e. The second kappa shape index (κ2) is 8.61. The zero-order valence-corrected chi connectivity index (χ0v) is 13.4. The highest BCUT2D eigenvalue weighted by atomic mass is 16.7. The van der Waals surface area contributed by atoms with Crippen LogP contribution in [-0.4, -0.2) is 45.3 Å². The van der Waals surface area contributed by atoms with E-state index in [0.717, 1.165) is 0 Å². The number of carbonyl (C=O) groups excluding carboxylic acids is 2. The Balaban J connectivity index is 2.13. The van der Waals surface area contributed by atoms with E-state index in [0.29, 0.717) is 55.3 Å². The summed E-state index contributed by atoms with van der Waals surface area (Å²) in [6.45, 7) is 3.71. The fourth-order valence-electron chi connectivity index (χ4n) is 2.34. The molecule has 2 N–H and O–H groups in total. The third-order valence-electron chi connectivity index (χ3n) is 3.43. The van der Waals surface area contributed by atoms with Crippen molar-refractivity contribution in [2.75, 3.05) is 38.9 Å². The quantitative estimate of drug-likeness (QED) is 0.554. The van der Waals surface area contributed by atoms with Gasteiger partial charge in [-0.05, 0) is 12.1 Å². The van der Waals surface area contributed by atoms with Crippen molar-refractivity contribution in [1.82, 2.24) is 5.32 Å². The molecule has 0 fully saturated rings. The first-order valence-corrected chi connectivity index (χ1v) is 7.50. The van der Waals surface area contributed by atoms with Gasteiger partial charge in [-0.25, -0.2) is 0 Å². The van der Waals surface area contributed by atoms with Crippen LogP contribution in [0, 0.1) is 0 Å². The second-order valence-electron chi connectivity index (χ2n) is 5.17.